The van der Waals surface area contributed by atoms with Crippen molar-refractivity contribution in [3.63, 3.8) is 0 Å². The number of ether oxygens (including phenoxy) is 3. The third-order valence-electron chi connectivity index (χ3n) is 4.74. The van der Waals surface area contributed by atoms with Crippen molar-refractivity contribution in [2.75, 3.05) is 6.54 Å². The first kappa shape index (κ1) is 27.6. The summed E-state index contributed by atoms with van der Waals surface area (Å²) < 4.78 is 15.4. The number of aliphatic hydroxyl groups is 1. The Labute approximate surface area is 189 Å². The van der Waals surface area contributed by atoms with Crippen LogP contribution in [0, 0.1) is 0 Å². The number of carboxylic acid groups (broad SMARTS) is 1. The van der Waals surface area contributed by atoms with E-state index in [0.717, 1.165) is 20.8 Å². The summed E-state index contributed by atoms with van der Waals surface area (Å²) in [6, 6.07) is -1.39. The van der Waals surface area contributed by atoms with Crippen LogP contribution in [-0.4, -0.2) is 82.5 Å². The fourth-order valence-electron chi connectivity index (χ4n) is 3.54. The van der Waals surface area contributed by atoms with Gasteiger partial charge in [0.1, 0.15) is 12.1 Å². The predicted octanol–water partition coefficient (Wildman–Crippen LogP) is -2.07. The number of amides is 1. The van der Waals surface area contributed by atoms with Gasteiger partial charge in [0.25, 0.3) is 5.91 Å². The zero-order chi connectivity index (χ0) is 25.3. The fourth-order valence-corrected chi connectivity index (χ4v) is 3.54. The number of rotatable bonds is 10. The number of hydrogen-bond acceptors (Lipinski definition) is 10. The van der Waals surface area contributed by atoms with Gasteiger partial charge in [0.05, 0.1) is 6.10 Å². The Balaban J connectivity index is 3.17. The quantitative estimate of drug-likeness (QED) is 0.0755. The number of aliphatic imine (C=N–C) groups is 1. The van der Waals surface area contributed by atoms with Gasteiger partial charge < -0.3 is 41.2 Å². The lowest BCUT2D eigenvalue weighted by Crippen LogP contribution is -2.63. The monoisotopic (exact) mass is 474 g/mol. The number of hydrogen-bond donors (Lipinski definition) is 5. The molecule has 33 heavy (non-hydrogen) atoms. The van der Waals surface area contributed by atoms with Crippen molar-refractivity contribution in [2.45, 2.75) is 76.4 Å². The Kier molecular flexibility index (Phi) is 10.0. The van der Waals surface area contributed by atoms with E-state index in [1.165, 1.54) is 0 Å². The molecule has 1 aliphatic rings. The molecule has 186 valence electrons. The highest BCUT2D eigenvalue weighted by Gasteiger charge is 2.55. The lowest BCUT2D eigenvalue weighted by molar-refractivity contribution is -0.209. The van der Waals surface area contributed by atoms with Gasteiger partial charge in [0, 0.05) is 40.2 Å². The molecule has 14 nitrogen and oxygen atoms in total. The minimum Gasteiger partial charge on any atom is -0.480 e. The first-order chi connectivity index (χ1) is 15.3. The number of carbonyl (C=O) groups is 5. The second kappa shape index (κ2) is 12.0. The van der Waals surface area contributed by atoms with Gasteiger partial charge in [-0.3, -0.25) is 24.2 Å². The molecule has 0 unspecified atom stereocenters. The summed E-state index contributed by atoms with van der Waals surface area (Å²) in [6.07, 6.45) is -5.09. The zero-order valence-corrected chi connectivity index (χ0v) is 18.6. The maximum Gasteiger partial charge on any atom is 0.326 e. The maximum atomic E-state index is 13.1. The summed E-state index contributed by atoms with van der Waals surface area (Å²) in [5.74, 6) is -5.03. The smallest absolute Gasteiger partial charge is 0.326 e. The number of esters is 3. The van der Waals surface area contributed by atoms with Crippen molar-refractivity contribution in [3.05, 3.63) is 0 Å². The highest BCUT2D eigenvalue weighted by Crippen LogP contribution is 2.36. The summed E-state index contributed by atoms with van der Waals surface area (Å²) >= 11 is 0. The molecule has 0 aliphatic heterocycles. The predicted molar refractivity (Wildman–Crippen MR) is 110 cm³/mol. The number of aliphatic hydroxyl groups excluding tert-OH is 1. The molecule has 1 aliphatic carbocycles. The molecule has 14 heteroatoms. The molecule has 7 N–H and O–H groups in total. The molecule has 0 aromatic heterocycles. The van der Waals surface area contributed by atoms with Crippen LogP contribution >= 0.6 is 0 Å². The number of nitrogens with two attached hydrogens (primary N) is 2. The summed E-state index contributed by atoms with van der Waals surface area (Å²) in [5.41, 5.74) is 8.34. The second-order valence-electron chi connectivity index (χ2n) is 7.60. The van der Waals surface area contributed by atoms with E-state index in [9.17, 15) is 34.2 Å². The molecule has 1 amide bonds. The van der Waals surface area contributed by atoms with E-state index >= 15 is 0 Å². The van der Waals surface area contributed by atoms with Crippen molar-refractivity contribution in [3.8, 4) is 0 Å². The van der Waals surface area contributed by atoms with Gasteiger partial charge in [-0.1, -0.05) is 0 Å². The molecule has 1 saturated carbocycles. The number of guanidine groups is 1. The van der Waals surface area contributed by atoms with Crippen LogP contribution in [0.15, 0.2) is 4.99 Å². The minimum absolute atomic E-state index is 0.0556. The number of carboxylic acids is 1. The van der Waals surface area contributed by atoms with Gasteiger partial charge in [-0.05, 0) is 12.8 Å². The van der Waals surface area contributed by atoms with Gasteiger partial charge in [-0.25, -0.2) is 4.79 Å². The molecule has 0 aromatic rings. The molecule has 0 saturated heterocycles. The third kappa shape index (κ3) is 8.56. The van der Waals surface area contributed by atoms with Crippen molar-refractivity contribution >= 4 is 35.7 Å². The van der Waals surface area contributed by atoms with Crippen LogP contribution in [0.1, 0.15) is 46.5 Å². The molecule has 1 rings (SSSR count). The highest BCUT2D eigenvalue weighted by molar-refractivity contribution is 5.91. The van der Waals surface area contributed by atoms with Gasteiger partial charge >= 0.3 is 23.9 Å². The molecular weight excluding hydrogens is 444 g/mol. The van der Waals surface area contributed by atoms with Gasteiger partial charge in [-0.15, -0.1) is 0 Å². The van der Waals surface area contributed by atoms with Crippen LogP contribution in [0.4, 0.5) is 0 Å². The van der Waals surface area contributed by atoms with E-state index in [-0.39, 0.29) is 25.3 Å². The van der Waals surface area contributed by atoms with Crippen molar-refractivity contribution < 1.29 is 48.4 Å². The Morgan fingerprint density at radius 3 is 2.15 bits per heavy atom. The van der Waals surface area contributed by atoms with Crippen LogP contribution < -0.4 is 16.8 Å². The van der Waals surface area contributed by atoms with Crippen LogP contribution in [0.2, 0.25) is 0 Å². The maximum absolute atomic E-state index is 13.1. The van der Waals surface area contributed by atoms with Crippen LogP contribution in [0.3, 0.4) is 0 Å². The van der Waals surface area contributed by atoms with Crippen molar-refractivity contribution in [1.82, 2.24) is 5.32 Å². The normalized spacial score (nSPS) is 25.2. The molecule has 0 bridgehead atoms. The average Bonchev–Trinajstić information content (AvgIpc) is 2.65. The summed E-state index contributed by atoms with van der Waals surface area (Å²) in [7, 11) is 0. The van der Waals surface area contributed by atoms with E-state index < -0.39 is 72.6 Å². The SMILES string of the molecule is CC(=O)O[C@@H]1[C@H](O)C[C@@](OC(C)=O)(C(=O)N[C@@H](CCCN=C(N)N)C(=O)O)C[C@@H]1OC(C)=O. The third-order valence-corrected chi connectivity index (χ3v) is 4.74. The Hall–Kier alpha value is -3.42. The van der Waals surface area contributed by atoms with Crippen molar-refractivity contribution in [2.24, 2.45) is 16.5 Å². The number of nitrogens with zero attached hydrogens (tertiary/aromatic N) is 1. The molecule has 0 aromatic carbocycles. The molecule has 0 heterocycles. The van der Waals surface area contributed by atoms with Crippen LogP contribution in [0.5, 0.6) is 0 Å². The average molecular weight is 474 g/mol. The fraction of sp³-hybridized carbons (Fsp3) is 0.684. The van der Waals surface area contributed by atoms with E-state index in [1.807, 2.05) is 0 Å². The topological polar surface area (TPSA) is 230 Å². The molecule has 1 fully saturated rings. The number of carbonyl (C=O) groups excluding carboxylic acids is 4. The van der Waals surface area contributed by atoms with Gasteiger partial charge in [0.15, 0.2) is 17.7 Å². The van der Waals surface area contributed by atoms with Crippen LogP contribution in [-0.2, 0) is 38.2 Å². The van der Waals surface area contributed by atoms with Gasteiger partial charge in [-0.2, -0.15) is 0 Å². The minimum atomic E-state index is -2.09. The Morgan fingerprint density at radius 2 is 1.67 bits per heavy atom. The van der Waals surface area contributed by atoms with E-state index in [4.69, 9.17) is 25.7 Å². The highest BCUT2D eigenvalue weighted by atomic mass is 16.6. The summed E-state index contributed by atoms with van der Waals surface area (Å²) in [6.45, 7) is 3.28. The van der Waals surface area contributed by atoms with E-state index in [2.05, 4.69) is 10.3 Å². The second-order valence-corrected chi connectivity index (χ2v) is 7.60. The van der Waals surface area contributed by atoms with Gasteiger partial charge in [0.2, 0.25) is 0 Å². The lowest BCUT2D eigenvalue weighted by atomic mass is 9.78. The molecule has 0 spiro atoms. The molecular formula is C19H30N4O10. The standard InChI is InChI=1S/C19H30N4O10/c1-9(24)31-14-8-19(33-11(3)26,7-13(27)15(14)32-10(2)25)17(30)23-12(16(28)29)5-4-6-22-18(20)21/h12-15,27H,4-8H2,1-3H3,(H,23,30)(H,28,29)(H4,20,21,22)/t12-,13+,14-,15+,19-/m0/s1. The molecule has 0 radical (unpaired) electrons. The Bertz CT molecular complexity index is 797. The van der Waals surface area contributed by atoms with E-state index in [0.29, 0.717) is 0 Å². The largest absolute Gasteiger partial charge is 0.480 e. The summed E-state index contributed by atoms with van der Waals surface area (Å²) in [4.78, 5) is 63.3. The summed E-state index contributed by atoms with van der Waals surface area (Å²) in [5, 5.41) is 22.3. The first-order valence-corrected chi connectivity index (χ1v) is 10.1. The Morgan fingerprint density at radius 1 is 1.06 bits per heavy atom. The lowest BCUT2D eigenvalue weighted by Gasteiger charge is -2.44. The first-order valence-electron chi connectivity index (χ1n) is 10.1. The van der Waals surface area contributed by atoms with E-state index in [1.54, 1.807) is 0 Å². The van der Waals surface area contributed by atoms with Crippen LogP contribution in [0.25, 0.3) is 0 Å². The van der Waals surface area contributed by atoms with Crippen molar-refractivity contribution in [1.29, 1.82) is 0 Å². The zero-order valence-electron chi connectivity index (χ0n) is 18.6. The molecule has 5 atom stereocenters. The number of nitrogens with one attached hydrogen (secondary N) is 1. The number of aliphatic carboxylic acids is 1.